The fourth-order valence-corrected chi connectivity index (χ4v) is 0.910. The molecule has 0 saturated heterocycles. The Balaban J connectivity index is 2.36. The number of hydrogen-bond donors (Lipinski definition) is 3. The predicted molar refractivity (Wildman–Crippen MR) is 51.8 cm³/mol. The van der Waals surface area contributed by atoms with Crippen LogP contribution in [0.3, 0.4) is 0 Å². The average molecular weight is 197 g/mol. The highest BCUT2D eigenvalue weighted by molar-refractivity contribution is 5.93. The quantitative estimate of drug-likeness (QED) is 0.643. The summed E-state index contributed by atoms with van der Waals surface area (Å²) in [5.41, 5.74) is 0.473. The second-order valence-electron chi connectivity index (χ2n) is 3.51. The molecule has 0 aliphatic heterocycles. The number of nitrogens with one attached hydrogen (secondary N) is 2. The zero-order valence-electron chi connectivity index (χ0n) is 8.32. The lowest BCUT2D eigenvalue weighted by molar-refractivity contribution is 0.0871. The molecule has 5 nitrogen and oxygen atoms in total. The van der Waals surface area contributed by atoms with Crippen molar-refractivity contribution in [2.24, 2.45) is 5.92 Å². The number of H-pyrrole nitrogens is 1. The summed E-state index contributed by atoms with van der Waals surface area (Å²) < 4.78 is 0. The Bertz CT molecular complexity index is 282. The van der Waals surface area contributed by atoms with Gasteiger partial charge >= 0.3 is 0 Å². The molecular formula is C9H15N3O2. The minimum Gasteiger partial charge on any atom is -0.391 e. The fraction of sp³-hybridized carbons (Fsp3) is 0.556. The molecule has 0 saturated carbocycles. The van der Waals surface area contributed by atoms with Gasteiger partial charge in [-0.05, 0) is 5.92 Å². The SMILES string of the molecule is CC(C)C(O)CNC(=O)c1cn[nH]c1. The molecule has 3 N–H and O–H groups in total. The number of aromatic nitrogens is 2. The van der Waals surface area contributed by atoms with Gasteiger partial charge in [-0.1, -0.05) is 13.8 Å². The Labute approximate surface area is 82.5 Å². The van der Waals surface area contributed by atoms with Crippen LogP contribution in [0.2, 0.25) is 0 Å². The van der Waals surface area contributed by atoms with Gasteiger partial charge in [-0.25, -0.2) is 0 Å². The molecule has 0 spiro atoms. The van der Waals surface area contributed by atoms with Crippen molar-refractivity contribution in [3.05, 3.63) is 18.0 Å². The average Bonchev–Trinajstić information content (AvgIpc) is 2.66. The van der Waals surface area contributed by atoms with Gasteiger partial charge < -0.3 is 10.4 Å². The van der Waals surface area contributed by atoms with Crippen LogP contribution < -0.4 is 5.32 Å². The molecule has 0 radical (unpaired) electrons. The van der Waals surface area contributed by atoms with E-state index in [1.807, 2.05) is 13.8 Å². The summed E-state index contributed by atoms with van der Waals surface area (Å²) >= 11 is 0. The molecular weight excluding hydrogens is 182 g/mol. The highest BCUT2D eigenvalue weighted by Crippen LogP contribution is 2.00. The summed E-state index contributed by atoms with van der Waals surface area (Å²) in [6.45, 7) is 4.06. The minimum atomic E-state index is -0.508. The van der Waals surface area contributed by atoms with Gasteiger partial charge in [0.15, 0.2) is 0 Å². The Kier molecular flexibility index (Phi) is 3.64. The molecule has 5 heteroatoms. The largest absolute Gasteiger partial charge is 0.391 e. The normalized spacial score (nSPS) is 12.9. The van der Waals surface area contributed by atoms with Gasteiger partial charge in [0.25, 0.3) is 5.91 Å². The molecule has 1 atom stereocenters. The first-order chi connectivity index (χ1) is 6.61. The minimum absolute atomic E-state index is 0.139. The summed E-state index contributed by atoms with van der Waals surface area (Å²) in [6, 6.07) is 0. The number of aliphatic hydroxyl groups excluding tert-OH is 1. The van der Waals surface area contributed by atoms with Crippen molar-refractivity contribution in [3.63, 3.8) is 0 Å². The number of carbonyl (C=O) groups is 1. The van der Waals surface area contributed by atoms with E-state index in [1.165, 1.54) is 12.4 Å². The summed E-state index contributed by atoms with van der Waals surface area (Å²) in [7, 11) is 0. The topological polar surface area (TPSA) is 78.0 Å². The lowest BCUT2D eigenvalue weighted by Gasteiger charge is -2.14. The molecule has 0 aromatic carbocycles. The van der Waals surface area contributed by atoms with Crippen LogP contribution in [0.1, 0.15) is 24.2 Å². The first-order valence-electron chi connectivity index (χ1n) is 4.56. The maximum atomic E-state index is 11.4. The van der Waals surface area contributed by atoms with Crippen LogP contribution in [0.25, 0.3) is 0 Å². The van der Waals surface area contributed by atoms with Crippen molar-refractivity contribution in [1.82, 2.24) is 15.5 Å². The lowest BCUT2D eigenvalue weighted by atomic mass is 10.1. The van der Waals surface area contributed by atoms with Crippen LogP contribution in [0, 0.1) is 5.92 Å². The van der Waals surface area contributed by atoms with Gasteiger partial charge in [0.1, 0.15) is 0 Å². The number of rotatable bonds is 4. The lowest BCUT2D eigenvalue weighted by Crippen LogP contribution is -2.34. The molecule has 1 heterocycles. The number of hydrogen-bond acceptors (Lipinski definition) is 3. The summed E-state index contributed by atoms with van der Waals surface area (Å²) in [5.74, 6) is -0.0851. The Morgan fingerprint density at radius 3 is 2.93 bits per heavy atom. The molecule has 0 fully saturated rings. The van der Waals surface area contributed by atoms with Crippen LogP contribution in [0.15, 0.2) is 12.4 Å². The molecule has 0 aliphatic carbocycles. The van der Waals surface area contributed by atoms with Crippen LogP contribution in [0.5, 0.6) is 0 Å². The Hall–Kier alpha value is -1.36. The number of nitrogens with zero attached hydrogens (tertiary/aromatic N) is 1. The van der Waals surface area contributed by atoms with Gasteiger partial charge in [-0.15, -0.1) is 0 Å². The van der Waals surface area contributed by atoms with Crippen molar-refractivity contribution in [2.75, 3.05) is 6.54 Å². The second-order valence-corrected chi connectivity index (χ2v) is 3.51. The number of aliphatic hydroxyl groups is 1. The maximum Gasteiger partial charge on any atom is 0.254 e. The first-order valence-corrected chi connectivity index (χ1v) is 4.56. The number of amides is 1. The van der Waals surface area contributed by atoms with Gasteiger partial charge in [-0.3, -0.25) is 9.89 Å². The van der Waals surface area contributed by atoms with E-state index in [1.54, 1.807) is 0 Å². The van der Waals surface area contributed by atoms with Crippen LogP contribution >= 0.6 is 0 Å². The Morgan fingerprint density at radius 1 is 1.71 bits per heavy atom. The molecule has 0 bridgehead atoms. The standard InChI is InChI=1S/C9H15N3O2/c1-6(2)8(13)5-10-9(14)7-3-11-12-4-7/h3-4,6,8,13H,5H2,1-2H3,(H,10,14)(H,11,12). The van der Waals surface area contributed by atoms with Crippen LogP contribution in [-0.4, -0.2) is 33.9 Å². The van der Waals surface area contributed by atoms with E-state index >= 15 is 0 Å². The second kappa shape index (κ2) is 4.76. The zero-order chi connectivity index (χ0) is 10.6. The maximum absolute atomic E-state index is 11.4. The van der Waals surface area contributed by atoms with Crippen LogP contribution in [0.4, 0.5) is 0 Å². The van der Waals surface area contributed by atoms with Crippen molar-refractivity contribution >= 4 is 5.91 Å². The smallest absolute Gasteiger partial charge is 0.254 e. The molecule has 78 valence electrons. The summed E-state index contributed by atoms with van der Waals surface area (Å²) in [4.78, 5) is 11.4. The first kappa shape index (κ1) is 10.7. The van der Waals surface area contributed by atoms with Gasteiger partial charge in [-0.2, -0.15) is 5.10 Å². The Morgan fingerprint density at radius 2 is 2.43 bits per heavy atom. The fourth-order valence-electron chi connectivity index (χ4n) is 0.910. The van der Waals surface area contributed by atoms with Crippen molar-refractivity contribution in [1.29, 1.82) is 0 Å². The third kappa shape index (κ3) is 2.85. The van der Waals surface area contributed by atoms with Gasteiger partial charge in [0.2, 0.25) is 0 Å². The molecule has 0 aliphatic rings. The summed E-state index contributed by atoms with van der Waals surface area (Å²) in [5, 5.41) is 18.3. The van der Waals surface area contributed by atoms with E-state index in [9.17, 15) is 9.90 Å². The molecule has 1 aromatic heterocycles. The third-order valence-electron chi connectivity index (χ3n) is 2.00. The highest BCUT2D eigenvalue weighted by atomic mass is 16.3. The predicted octanol–water partition coefficient (Wildman–Crippen LogP) is 0.156. The van der Waals surface area contributed by atoms with E-state index in [4.69, 9.17) is 0 Å². The molecule has 1 unspecified atom stereocenters. The molecule has 1 amide bonds. The van der Waals surface area contributed by atoms with Gasteiger partial charge in [0.05, 0.1) is 17.9 Å². The van der Waals surface area contributed by atoms with Crippen molar-refractivity contribution in [2.45, 2.75) is 20.0 Å². The van der Waals surface area contributed by atoms with E-state index in [-0.39, 0.29) is 18.4 Å². The van der Waals surface area contributed by atoms with E-state index in [0.29, 0.717) is 5.56 Å². The molecule has 14 heavy (non-hydrogen) atoms. The van der Waals surface area contributed by atoms with E-state index in [2.05, 4.69) is 15.5 Å². The van der Waals surface area contributed by atoms with E-state index < -0.39 is 6.10 Å². The molecule has 1 rings (SSSR count). The summed E-state index contributed by atoms with van der Waals surface area (Å²) in [6.07, 6.45) is 2.44. The van der Waals surface area contributed by atoms with Crippen molar-refractivity contribution in [3.8, 4) is 0 Å². The molecule has 1 aromatic rings. The zero-order valence-corrected chi connectivity index (χ0v) is 8.32. The number of aromatic amines is 1. The van der Waals surface area contributed by atoms with Crippen molar-refractivity contribution < 1.29 is 9.90 Å². The monoisotopic (exact) mass is 197 g/mol. The third-order valence-corrected chi connectivity index (χ3v) is 2.00. The number of carbonyl (C=O) groups excluding carboxylic acids is 1. The highest BCUT2D eigenvalue weighted by Gasteiger charge is 2.11. The van der Waals surface area contributed by atoms with Gasteiger partial charge in [0, 0.05) is 12.7 Å². The van der Waals surface area contributed by atoms with E-state index in [0.717, 1.165) is 0 Å². The van der Waals surface area contributed by atoms with Crippen LogP contribution in [-0.2, 0) is 0 Å².